The molecule has 0 saturated heterocycles. The molecule has 1 heterocycles. The van der Waals surface area contributed by atoms with Crippen molar-refractivity contribution >= 4 is 11.8 Å². The normalized spacial score (nSPS) is 10.3. The molecule has 0 amide bonds. The lowest BCUT2D eigenvalue weighted by Gasteiger charge is -2.15. The van der Waals surface area contributed by atoms with Gasteiger partial charge in [0.1, 0.15) is 42.2 Å². The van der Waals surface area contributed by atoms with Gasteiger partial charge in [-0.25, -0.2) is 4.98 Å². The second-order valence-corrected chi connectivity index (χ2v) is 7.01. The van der Waals surface area contributed by atoms with Crippen molar-refractivity contribution in [1.82, 2.24) is 9.97 Å². The van der Waals surface area contributed by atoms with Crippen LogP contribution < -0.4 is 20.9 Å². The van der Waals surface area contributed by atoms with Gasteiger partial charge in [0.15, 0.2) is 0 Å². The number of nitriles is 1. The second kappa shape index (κ2) is 9.49. The third kappa shape index (κ3) is 4.77. The van der Waals surface area contributed by atoms with Crippen LogP contribution in [0.1, 0.15) is 16.7 Å². The standard InChI is InChI=1S/C25H21N5O2/c26-14-21-23(29-25(28)30-24(21)27)20-12-11-19(31-15-17-7-3-1-4-8-17)13-22(20)32-16-18-9-5-2-6-10-18/h1-13H,15-16H2,(H4,27,28,29,30). The summed E-state index contributed by atoms with van der Waals surface area (Å²) in [6, 6.07) is 27.0. The predicted octanol–water partition coefficient (Wildman–Crippen LogP) is 4.34. The van der Waals surface area contributed by atoms with E-state index in [1.54, 1.807) is 18.2 Å². The minimum absolute atomic E-state index is 0.0186. The van der Waals surface area contributed by atoms with E-state index in [-0.39, 0.29) is 17.3 Å². The van der Waals surface area contributed by atoms with Crippen LogP contribution in [-0.4, -0.2) is 9.97 Å². The largest absolute Gasteiger partial charge is 0.489 e. The Morgan fingerprint density at radius 1 is 0.781 bits per heavy atom. The number of nitrogen functional groups attached to an aromatic ring is 2. The topological polar surface area (TPSA) is 120 Å². The van der Waals surface area contributed by atoms with Gasteiger partial charge >= 0.3 is 0 Å². The fourth-order valence-electron chi connectivity index (χ4n) is 3.18. The SMILES string of the molecule is N#Cc1c(N)nc(N)nc1-c1ccc(OCc2ccccc2)cc1OCc1ccccc1. The van der Waals surface area contributed by atoms with Gasteiger partial charge in [0.25, 0.3) is 0 Å². The number of ether oxygens (including phenoxy) is 2. The Hall–Kier alpha value is -4.57. The van der Waals surface area contributed by atoms with E-state index in [0.29, 0.717) is 36.0 Å². The molecule has 3 aromatic carbocycles. The maximum Gasteiger partial charge on any atom is 0.222 e. The van der Waals surface area contributed by atoms with Crippen LogP contribution in [0.25, 0.3) is 11.3 Å². The third-order valence-electron chi connectivity index (χ3n) is 4.76. The zero-order valence-corrected chi connectivity index (χ0v) is 17.2. The summed E-state index contributed by atoms with van der Waals surface area (Å²) in [6.07, 6.45) is 0. The van der Waals surface area contributed by atoms with Gasteiger partial charge < -0.3 is 20.9 Å². The minimum atomic E-state index is -0.0186. The Kier molecular flexibility index (Phi) is 6.14. The molecule has 0 aliphatic carbocycles. The Bertz CT molecular complexity index is 1250. The summed E-state index contributed by atoms with van der Waals surface area (Å²) in [5, 5.41) is 9.60. The van der Waals surface area contributed by atoms with Crippen molar-refractivity contribution in [1.29, 1.82) is 5.26 Å². The van der Waals surface area contributed by atoms with E-state index in [9.17, 15) is 5.26 Å². The van der Waals surface area contributed by atoms with E-state index in [0.717, 1.165) is 11.1 Å². The van der Waals surface area contributed by atoms with Crippen molar-refractivity contribution in [3.8, 4) is 28.8 Å². The average molecular weight is 423 g/mol. The quantitative estimate of drug-likeness (QED) is 0.454. The molecule has 0 spiro atoms. The van der Waals surface area contributed by atoms with Crippen LogP contribution in [0.5, 0.6) is 11.5 Å². The molecule has 0 aliphatic heterocycles. The Morgan fingerprint density at radius 3 is 2.03 bits per heavy atom. The molecule has 0 unspecified atom stereocenters. The van der Waals surface area contributed by atoms with E-state index < -0.39 is 0 Å². The summed E-state index contributed by atoms with van der Waals surface area (Å²) in [6.45, 7) is 0.739. The summed E-state index contributed by atoms with van der Waals surface area (Å²) >= 11 is 0. The number of rotatable bonds is 7. The summed E-state index contributed by atoms with van der Waals surface area (Å²) < 4.78 is 12.1. The molecular weight excluding hydrogens is 402 g/mol. The Labute approximate surface area is 185 Å². The molecule has 32 heavy (non-hydrogen) atoms. The van der Waals surface area contributed by atoms with E-state index >= 15 is 0 Å². The number of nitrogens with zero attached hydrogens (tertiary/aromatic N) is 3. The highest BCUT2D eigenvalue weighted by Crippen LogP contribution is 2.36. The van der Waals surface area contributed by atoms with Gasteiger partial charge in [0.05, 0.1) is 5.69 Å². The van der Waals surface area contributed by atoms with Gasteiger partial charge in [0.2, 0.25) is 5.95 Å². The van der Waals surface area contributed by atoms with Gasteiger partial charge in [0, 0.05) is 11.6 Å². The molecule has 0 bridgehead atoms. The van der Waals surface area contributed by atoms with Crippen molar-refractivity contribution in [2.45, 2.75) is 13.2 Å². The fourth-order valence-corrected chi connectivity index (χ4v) is 3.18. The number of aromatic nitrogens is 2. The number of hydrogen-bond acceptors (Lipinski definition) is 7. The monoisotopic (exact) mass is 423 g/mol. The molecule has 1 aromatic heterocycles. The second-order valence-electron chi connectivity index (χ2n) is 7.01. The predicted molar refractivity (Wildman–Crippen MR) is 123 cm³/mol. The zero-order chi connectivity index (χ0) is 22.3. The molecule has 0 fully saturated rings. The molecule has 4 aromatic rings. The van der Waals surface area contributed by atoms with Gasteiger partial charge in [-0.2, -0.15) is 10.2 Å². The summed E-state index contributed by atoms with van der Waals surface area (Å²) in [5.41, 5.74) is 14.8. The van der Waals surface area contributed by atoms with Crippen LogP contribution in [0.3, 0.4) is 0 Å². The van der Waals surface area contributed by atoms with Crippen LogP contribution in [0.15, 0.2) is 78.9 Å². The maximum atomic E-state index is 9.60. The van der Waals surface area contributed by atoms with Crippen LogP contribution in [0.4, 0.5) is 11.8 Å². The third-order valence-corrected chi connectivity index (χ3v) is 4.76. The first-order valence-corrected chi connectivity index (χ1v) is 9.95. The number of nitrogens with two attached hydrogens (primary N) is 2. The first kappa shape index (κ1) is 20.7. The lowest BCUT2D eigenvalue weighted by atomic mass is 10.1. The minimum Gasteiger partial charge on any atom is -0.489 e. The van der Waals surface area contributed by atoms with Crippen molar-refractivity contribution < 1.29 is 9.47 Å². The highest BCUT2D eigenvalue weighted by atomic mass is 16.5. The van der Waals surface area contributed by atoms with E-state index in [1.807, 2.05) is 60.7 Å². The van der Waals surface area contributed by atoms with Gasteiger partial charge in [-0.05, 0) is 23.3 Å². The fraction of sp³-hybridized carbons (Fsp3) is 0.0800. The molecule has 7 heteroatoms. The number of anilines is 2. The van der Waals surface area contributed by atoms with E-state index in [4.69, 9.17) is 20.9 Å². The maximum absolute atomic E-state index is 9.60. The summed E-state index contributed by atoms with van der Waals surface area (Å²) in [7, 11) is 0. The smallest absolute Gasteiger partial charge is 0.222 e. The molecule has 0 aliphatic rings. The molecule has 0 atom stereocenters. The number of hydrogen-bond donors (Lipinski definition) is 2. The zero-order valence-electron chi connectivity index (χ0n) is 17.2. The van der Waals surface area contributed by atoms with Crippen LogP contribution in [-0.2, 0) is 13.2 Å². The van der Waals surface area contributed by atoms with Gasteiger partial charge in [-0.15, -0.1) is 0 Å². The Balaban J connectivity index is 1.69. The van der Waals surface area contributed by atoms with Crippen LogP contribution >= 0.6 is 0 Å². The van der Waals surface area contributed by atoms with Crippen LogP contribution in [0.2, 0.25) is 0 Å². The first-order valence-electron chi connectivity index (χ1n) is 9.95. The van der Waals surface area contributed by atoms with E-state index in [1.165, 1.54) is 0 Å². The molecular formula is C25H21N5O2. The van der Waals surface area contributed by atoms with Gasteiger partial charge in [-0.3, -0.25) is 0 Å². The lowest BCUT2D eigenvalue weighted by Crippen LogP contribution is -2.06. The van der Waals surface area contributed by atoms with Crippen molar-refractivity contribution in [2.75, 3.05) is 11.5 Å². The summed E-state index contributed by atoms with van der Waals surface area (Å²) in [4.78, 5) is 8.15. The average Bonchev–Trinajstić information content (AvgIpc) is 2.82. The molecule has 4 N–H and O–H groups in total. The highest BCUT2D eigenvalue weighted by molar-refractivity contribution is 5.77. The van der Waals surface area contributed by atoms with Crippen LogP contribution in [0, 0.1) is 11.3 Å². The number of benzene rings is 3. The van der Waals surface area contributed by atoms with Crippen molar-refractivity contribution in [3.63, 3.8) is 0 Å². The molecule has 0 radical (unpaired) electrons. The van der Waals surface area contributed by atoms with E-state index in [2.05, 4.69) is 16.0 Å². The van der Waals surface area contributed by atoms with Crippen molar-refractivity contribution in [3.05, 3.63) is 95.6 Å². The highest BCUT2D eigenvalue weighted by Gasteiger charge is 2.18. The molecule has 4 rings (SSSR count). The lowest BCUT2D eigenvalue weighted by molar-refractivity contribution is 0.291. The van der Waals surface area contributed by atoms with Crippen molar-refractivity contribution in [2.24, 2.45) is 0 Å². The Morgan fingerprint density at radius 2 is 1.41 bits per heavy atom. The van der Waals surface area contributed by atoms with Gasteiger partial charge in [-0.1, -0.05) is 60.7 Å². The first-order chi connectivity index (χ1) is 15.6. The molecule has 158 valence electrons. The molecule has 7 nitrogen and oxygen atoms in total. The summed E-state index contributed by atoms with van der Waals surface area (Å²) in [5.74, 6) is 1.12. The molecule has 0 saturated carbocycles.